The van der Waals surface area contributed by atoms with E-state index < -0.39 is 0 Å². The van der Waals surface area contributed by atoms with Crippen molar-refractivity contribution >= 4 is 131 Å². The van der Waals surface area contributed by atoms with Gasteiger partial charge in [-0.2, -0.15) is 0 Å². The third-order valence-electron chi connectivity index (χ3n) is 13.9. The van der Waals surface area contributed by atoms with Gasteiger partial charge in [0, 0.05) is 32.3 Å². The van der Waals surface area contributed by atoms with E-state index in [1.165, 1.54) is 0 Å². The normalized spacial score (nSPS) is 12.1. The van der Waals surface area contributed by atoms with Crippen molar-refractivity contribution in [3.8, 4) is 0 Å². The number of hydrogen-bond acceptors (Lipinski definition) is 2. The van der Waals surface area contributed by atoms with Gasteiger partial charge in [0.25, 0.3) is 12.7 Å². The van der Waals surface area contributed by atoms with Crippen molar-refractivity contribution in [1.82, 2.24) is 8.80 Å². The summed E-state index contributed by atoms with van der Waals surface area (Å²) in [6.45, 7) is 0. The summed E-state index contributed by atoms with van der Waals surface area (Å²) in [7, 11) is 0. The molecule has 10 aromatic carbocycles. The Morgan fingerprint density at radius 1 is 0.279 bits per heavy atom. The van der Waals surface area contributed by atoms with Gasteiger partial charge in [0.2, 0.25) is 0 Å². The number of fused-ring (bicyclic) bond motifs is 34. The second-order valence-electron chi connectivity index (χ2n) is 17.6. The van der Waals surface area contributed by atoms with Crippen LogP contribution in [-0.4, -0.2) is 8.80 Å². The first-order chi connectivity index (χ1) is 33.7. The van der Waals surface area contributed by atoms with Crippen LogP contribution in [0.5, 0.6) is 0 Å². The van der Waals surface area contributed by atoms with E-state index in [-0.39, 0.29) is 0 Å². The highest BCUT2D eigenvalue weighted by molar-refractivity contribution is 6.21. The van der Waals surface area contributed by atoms with Gasteiger partial charge in [0.1, 0.15) is 22.3 Å². The van der Waals surface area contributed by atoms with Gasteiger partial charge in [-0.05, 0) is 93.0 Å². The molecule has 0 aliphatic rings. The summed E-state index contributed by atoms with van der Waals surface area (Å²) >= 11 is 0. The van der Waals surface area contributed by atoms with Crippen LogP contribution in [0.3, 0.4) is 0 Å². The van der Waals surface area contributed by atoms with Crippen LogP contribution in [0.25, 0.3) is 131 Å². The lowest BCUT2D eigenvalue weighted by atomic mass is 10.0. The van der Waals surface area contributed by atoms with E-state index >= 15 is 0 Å². The van der Waals surface area contributed by atoms with Gasteiger partial charge in [-0.25, -0.2) is 0 Å². The van der Waals surface area contributed by atoms with Crippen LogP contribution < -0.4 is 8.80 Å². The lowest BCUT2D eigenvalue weighted by Gasteiger charge is -2.05. The molecule has 8 bridgehead atoms. The predicted octanol–water partition coefficient (Wildman–Crippen LogP) is 14.8. The Balaban J connectivity index is 1.28. The van der Waals surface area contributed by atoms with E-state index in [1.807, 2.05) is 12.1 Å². The molecule has 5 aromatic heterocycles. The van der Waals surface area contributed by atoms with Gasteiger partial charge in [-0.3, -0.25) is 17.6 Å². The standard InChI is InChI=1S/C62H36N4O2/c1-7-23-51-41(17-1)39-33-47(61-49(35-39)45-21-5-15-31-59(45)67-61)43-19-3-9-25-53(43)66-38-64(56-28-12-14-30-58(56)66)52-24-8-2-18-42(52)40-34-48(62-50(36-40)46-22-6-16-32-60(46)68-62)44-20-4-10-26-54(44)65-37-63(51)55-27-11-13-29-57(55)65/h1-36H. The van der Waals surface area contributed by atoms with Crippen molar-refractivity contribution in [2.45, 2.75) is 0 Å². The van der Waals surface area contributed by atoms with Crippen LogP contribution >= 0.6 is 0 Å². The average molecular weight is 869 g/mol. The van der Waals surface area contributed by atoms with Gasteiger partial charge in [-0.15, -0.1) is 0 Å². The smallest absolute Gasteiger partial charge is 0.269 e. The Kier molecular flexibility index (Phi) is 7.69. The maximum atomic E-state index is 6.88. The molecule has 0 fully saturated rings. The van der Waals surface area contributed by atoms with Crippen molar-refractivity contribution in [2.24, 2.45) is 0 Å². The van der Waals surface area contributed by atoms with Crippen LogP contribution in [0.4, 0.5) is 0 Å². The minimum absolute atomic E-state index is 0.835. The molecule has 0 aliphatic carbocycles. The number of furan rings is 2. The quantitative estimate of drug-likeness (QED) is 0.113. The Labute approximate surface area is 386 Å². The number of rotatable bonds is 0. The summed E-state index contributed by atoms with van der Waals surface area (Å²) in [5, 5.41) is 12.5. The fourth-order valence-electron chi connectivity index (χ4n) is 10.8. The van der Waals surface area contributed by atoms with Crippen molar-refractivity contribution in [3.63, 3.8) is 0 Å². The molecule has 0 radical (unpaired) electrons. The molecule has 316 valence electrons. The lowest BCUT2D eigenvalue weighted by Crippen LogP contribution is -2.19. The molecule has 15 rings (SSSR count). The minimum Gasteiger partial charge on any atom is -0.455 e. The third kappa shape index (κ3) is 5.28. The van der Waals surface area contributed by atoms with E-state index in [4.69, 9.17) is 8.83 Å². The van der Waals surface area contributed by atoms with Gasteiger partial charge in [-0.1, -0.05) is 158 Å². The first-order valence-electron chi connectivity index (χ1n) is 22.9. The molecule has 0 amide bonds. The molecule has 0 atom stereocenters. The number of para-hydroxylation sites is 10. The number of aromatic nitrogens is 4. The highest BCUT2D eigenvalue weighted by atomic mass is 16.3. The molecule has 0 unspecified atom stereocenters. The molecule has 0 spiro atoms. The molecule has 5 heterocycles. The highest BCUT2D eigenvalue weighted by Crippen LogP contribution is 2.39. The van der Waals surface area contributed by atoms with E-state index in [0.717, 1.165) is 131 Å². The van der Waals surface area contributed by atoms with E-state index in [1.54, 1.807) is 0 Å². The number of hydrogen-bond donors (Lipinski definition) is 0. The van der Waals surface area contributed by atoms with Crippen molar-refractivity contribution in [3.05, 3.63) is 231 Å². The number of imidazole rings is 2. The van der Waals surface area contributed by atoms with Crippen LogP contribution in [0.15, 0.2) is 227 Å². The van der Waals surface area contributed by atoms with Crippen LogP contribution in [0.2, 0.25) is 0 Å². The average Bonchev–Trinajstić information content (AvgIpc) is 4.19. The van der Waals surface area contributed by atoms with E-state index in [9.17, 15) is 0 Å². The summed E-state index contributed by atoms with van der Waals surface area (Å²) in [5.74, 6) is 0. The second kappa shape index (κ2) is 14.1. The number of benzene rings is 10. The van der Waals surface area contributed by atoms with E-state index in [0.29, 0.717) is 0 Å². The lowest BCUT2D eigenvalue weighted by molar-refractivity contribution is -0.485. The number of nitrogens with zero attached hydrogens (tertiary/aromatic N) is 4. The molecule has 15 aromatic rings. The fourth-order valence-corrected chi connectivity index (χ4v) is 10.8. The topological polar surface area (TPSA) is 43.3 Å². The van der Waals surface area contributed by atoms with Crippen molar-refractivity contribution < 1.29 is 17.6 Å². The van der Waals surface area contributed by atoms with Crippen LogP contribution in [0.1, 0.15) is 0 Å². The summed E-state index contributed by atoms with van der Waals surface area (Å²) in [5.41, 5.74) is 11.4. The van der Waals surface area contributed by atoms with E-state index in [2.05, 4.69) is 237 Å². The Morgan fingerprint density at radius 2 is 0.588 bits per heavy atom. The largest absolute Gasteiger partial charge is 0.455 e. The monoisotopic (exact) mass is 868 g/mol. The van der Waals surface area contributed by atoms with Crippen LogP contribution in [0, 0.1) is 12.7 Å². The first kappa shape index (κ1) is 37.0. The summed E-state index contributed by atoms with van der Waals surface area (Å²) < 4.78 is 22.6. The van der Waals surface area contributed by atoms with Crippen LogP contribution in [-0.2, 0) is 0 Å². The molecule has 0 saturated heterocycles. The summed E-state index contributed by atoms with van der Waals surface area (Å²) in [6, 6.07) is 77.6. The van der Waals surface area contributed by atoms with Gasteiger partial charge < -0.3 is 8.83 Å². The SMILES string of the molecule is [c-]1n2c3ccccc3c3cc(cc4c5ccccc5oc43)c3ccccc3[n+]3[c-]n(c4ccccc4c4cc(cc5c6ccccc6oc54)c4ccccc4[n+]1c1ccccc12)c1ccccc13. The maximum Gasteiger partial charge on any atom is 0.269 e. The third-order valence-corrected chi connectivity index (χ3v) is 13.9. The second-order valence-corrected chi connectivity index (χ2v) is 17.6. The Bertz CT molecular complexity index is 4570. The summed E-state index contributed by atoms with van der Waals surface area (Å²) in [6.07, 6.45) is 7.80. The van der Waals surface area contributed by atoms with Gasteiger partial charge >= 0.3 is 0 Å². The Morgan fingerprint density at radius 3 is 1.01 bits per heavy atom. The molecule has 68 heavy (non-hydrogen) atoms. The van der Waals surface area contributed by atoms with Gasteiger partial charge in [0.05, 0.1) is 44.1 Å². The van der Waals surface area contributed by atoms with Gasteiger partial charge in [0.15, 0.2) is 0 Å². The maximum absolute atomic E-state index is 6.88. The first-order valence-corrected chi connectivity index (χ1v) is 22.9. The Hall–Kier alpha value is -9.26. The molecular formula is C62H36N4O2. The molecule has 6 nitrogen and oxygen atoms in total. The molecule has 0 saturated carbocycles. The van der Waals surface area contributed by atoms with Crippen molar-refractivity contribution in [1.29, 1.82) is 0 Å². The zero-order chi connectivity index (χ0) is 44.5. The zero-order valence-corrected chi connectivity index (χ0v) is 36.4. The molecular weight excluding hydrogens is 833 g/mol. The summed E-state index contributed by atoms with van der Waals surface area (Å²) in [4.78, 5) is 0. The molecule has 6 heteroatoms. The minimum atomic E-state index is 0.835. The zero-order valence-electron chi connectivity index (χ0n) is 36.4. The fraction of sp³-hybridized carbons (Fsp3) is 0. The molecule has 0 N–H and O–H groups in total. The van der Waals surface area contributed by atoms with Crippen molar-refractivity contribution in [2.75, 3.05) is 0 Å². The predicted molar refractivity (Wildman–Crippen MR) is 276 cm³/mol. The highest BCUT2D eigenvalue weighted by Gasteiger charge is 2.17. The molecule has 0 aliphatic heterocycles.